The van der Waals surface area contributed by atoms with Crippen molar-refractivity contribution in [3.05, 3.63) is 24.3 Å². The van der Waals surface area contributed by atoms with E-state index < -0.39 is 11.7 Å². The second-order valence-electron chi connectivity index (χ2n) is 6.51. The first-order chi connectivity index (χ1) is 10.9. The van der Waals surface area contributed by atoms with Crippen LogP contribution < -0.4 is 15.4 Å². The zero-order valence-corrected chi connectivity index (χ0v) is 14.1. The fraction of sp³-hybridized carbons (Fsp3) is 0.588. The summed E-state index contributed by atoms with van der Waals surface area (Å²) in [6.45, 7) is 8.48. The summed E-state index contributed by atoms with van der Waals surface area (Å²) < 4.78 is 16.2. The van der Waals surface area contributed by atoms with Gasteiger partial charge in [-0.3, -0.25) is 5.32 Å². The fourth-order valence-electron chi connectivity index (χ4n) is 2.18. The lowest BCUT2D eigenvalue weighted by molar-refractivity contribution is 0.0636. The Morgan fingerprint density at radius 3 is 2.65 bits per heavy atom. The molecule has 6 heteroatoms. The van der Waals surface area contributed by atoms with Crippen LogP contribution >= 0.6 is 0 Å². The topological polar surface area (TPSA) is 68.8 Å². The molecular weight excluding hydrogens is 296 g/mol. The molecule has 23 heavy (non-hydrogen) atoms. The molecule has 0 bridgehead atoms. The predicted octanol–water partition coefficient (Wildman–Crippen LogP) is 2.79. The van der Waals surface area contributed by atoms with Gasteiger partial charge in [-0.2, -0.15) is 0 Å². The van der Waals surface area contributed by atoms with Crippen LogP contribution in [0.3, 0.4) is 0 Å². The van der Waals surface area contributed by atoms with Gasteiger partial charge in [-0.1, -0.05) is 0 Å². The Kier molecular flexibility index (Phi) is 6.24. The molecule has 1 unspecified atom stereocenters. The first kappa shape index (κ1) is 17.6. The van der Waals surface area contributed by atoms with E-state index in [-0.39, 0.29) is 0 Å². The quantitative estimate of drug-likeness (QED) is 0.788. The number of hydrogen-bond acceptors (Lipinski definition) is 5. The molecule has 1 fully saturated rings. The van der Waals surface area contributed by atoms with E-state index >= 15 is 0 Å². The Morgan fingerprint density at radius 1 is 1.30 bits per heavy atom. The van der Waals surface area contributed by atoms with Gasteiger partial charge in [0.25, 0.3) is 0 Å². The van der Waals surface area contributed by atoms with E-state index in [1.165, 1.54) is 0 Å². The number of amides is 1. The van der Waals surface area contributed by atoms with Crippen molar-refractivity contribution in [1.82, 2.24) is 5.32 Å². The van der Waals surface area contributed by atoms with E-state index in [9.17, 15) is 4.79 Å². The van der Waals surface area contributed by atoms with Gasteiger partial charge in [0.15, 0.2) is 0 Å². The van der Waals surface area contributed by atoms with Crippen LogP contribution in [0.1, 0.15) is 27.2 Å². The molecule has 1 aliphatic rings. The summed E-state index contributed by atoms with van der Waals surface area (Å²) in [6.07, 6.45) is 0.597. The number of nitrogens with one attached hydrogen (secondary N) is 2. The van der Waals surface area contributed by atoms with E-state index in [0.717, 1.165) is 31.9 Å². The van der Waals surface area contributed by atoms with E-state index in [1.54, 1.807) is 12.1 Å². The lowest BCUT2D eigenvalue weighted by atomic mass is 10.2. The first-order valence-corrected chi connectivity index (χ1v) is 7.96. The Morgan fingerprint density at radius 2 is 2.04 bits per heavy atom. The van der Waals surface area contributed by atoms with Crippen molar-refractivity contribution in [2.45, 2.75) is 38.8 Å². The highest BCUT2D eigenvalue weighted by molar-refractivity contribution is 5.84. The molecule has 1 heterocycles. The monoisotopic (exact) mass is 322 g/mol. The number of anilines is 1. The average Bonchev–Trinajstić information content (AvgIpc) is 2.96. The molecule has 1 atom stereocenters. The van der Waals surface area contributed by atoms with Crippen molar-refractivity contribution in [1.29, 1.82) is 0 Å². The summed E-state index contributed by atoms with van der Waals surface area (Å²) in [5.74, 6) is 0.768. The first-order valence-electron chi connectivity index (χ1n) is 7.96. The van der Waals surface area contributed by atoms with Crippen molar-refractivity contribution in [2.24, 2.45) is 0 Å². The molecule has 1 amide bonds. The number of carbonyl (C=O) groups is 1. The van der Waals surface area contributed by atoms with Crippen LogP contribution in [0.2, 0.25) is 0 Å². The van der Waals surface area contributed by atoms with Crippen LogP contribution in [0, 0.1) is 0 Å². The Hall–Kier alpha value is -1.79. The van der Waals surface area contributed by atoms with Gasteiger partial charge in [0.1, 0.15) is 18.0 Å². The van der Waals surface area contributed by atoms with Gasteiger partial charge in [0, 0.05) is 24.9 Å². The molecule has 1 saturated heterocycles. The molecule has 2 N–H and O–H groups in total. The summed E-state index contributed by atoms with van der Waals surface area (Å²) in [7, 11) is 0. The van der Waals surface area contributed by atoms with Gasteiger partial charge in [0.05, 0.1) is 6.61 Å². The number of hydrogen-bond donors (Lipinski definition) is 2. The smallest absolute Gasteiger partial charge is 0.412 e. The predicted molar refractivity (Wildman–Crippen MR) is 89.0 cm³/mol. The lowest BCUT2D eigenvalue weighted by Crippen LogP contribution is -2.32. The third-order valence-electron chi connectivity index (χ3n) is 3.23. The fourth-order valence-corrected chi connectivity index (χ4v) is 2.18. The molecule has 2 rings (SSSR count). The normalized spacial score (nSPS) is 17.8. The highest BCUT2D eigenvalue weighted by atomic mass is 16.6. The molecule has 0 aromatic heterocycles. The molecule has 0 radical (unpaired) electrons. The third-order valence-corrected chi connectivity index (χ3v) is 3.23. The maximum absolute atomic E-state index is 11.7. The molecule has 128 valence electrons. The molecule has 1 aliphatic heterocycles. The zero-order chi connectivity index (χ0) is 16.7. The lowest BCUT2D eigenvalue weighted by Gasteiger charge is -2.19. The SMILES string of the molecule is CC(C)(C)OC(=O)Nc1ccc(OCCNC2CCOC2)cc1. The zero-order valence-electron chi connectivity index (χ0n) is 14.1. The van der Waals surface area contributed by atoms with Gasteiger partial charge >= 0.3 is 6.09 Å². The van der Waals surface area contributed by atoms with Crippen LogP contribution in [-0.2, 0) is 9.47 Å². The summed E-state index contributed by atoms with van der Waals surface area (Å²) in [4.78, 5) is 11.7. The minimum absolute atomic E-state index is 0.444. The van der Waals surface area contributed by atoms with Gasteiger partial charge in [-0.05, 0) is 51.5 Å². The van der Waals surface area contributed by atoms with E-state index in [2.05, 4.69) is 10.6 Å². The molecule has 0 spiro atoms. The number of rotatable bonds is 6. The van der Waals surface area contributed by atoms with Crippen LogP contribution in [-0.4, -0.2) is 44.1 Å². The van der Waals surface area contributed by atoms with Crippen LogP contribution in [0.15, 0.2) is 24.3 Å². The van der Waals surface area contributed by atoms with Crippen LogP contribution in [0.25, 0.3) is 0 Å². The minimum Gasteiger partial charge on any atom is -0.492 e. The highest BCUT2D eigenvalue weighted by Gasteiger charge is 2.16. The molecule has 0 aliphatic carbocycles. The Labute approximate surface area is 137 Å². The van der Waals surface area contributed by atoms with E-state index in [4.69, 9.17) is 14.2 Å². The maximum atomic E-state index is 11.7. The maximum Gasteiger partial charge on any atom is 0.412 e. The highest BCUT2D eigenvalue weighted by Crippen LogP contribution is 2.17. The van der Waals surface area contributed by atoms with Crippen molar-refractivity contribution in [3.8, 4) is 5.75 Å². The Bertz CT molecular complexity index is 490. The van der Waals surface area contributed by atoms with Crippen molar-refractivity contribution in [2.75, 3.05) is 31.7 Å². The largest absolute Gasteiger partial charge is 0.492 e. The molecule has 1 aromatic rings. The van der Waals surface area contributed by atoms with Gasteiger partial charge in [-0.15, -0.1) is 0 Å². The summed E-state index contributed by atoms with van der Waals surface area (Å²) >= 11 is 0. The second kappa shape index (κ2) is 8.17. The van der Waals surface area contributed by atoms with E-state index in [1.807, 2.05) is 32.9 Å². The van der Waals surface area contributed by atoms with Crippen molar-refractivity contribution < 1.29 is 19.0 Å². The average molecular weight is 322 g/mol. The number of ether oxygens (including phenoxy) is 3. The Balaban J connectivity index is 1.68. The molecule has 0 saturated carbocycles. The van der Waals surface area contributed by atoms with E-state index in [0.29, 0.717) is 18.3 Å². The molecule has 1 aromatic carbocycles. The van der Waals surface area contributed by atoms with Gasteiger partial charge < -0.3 is 19.5 Å². The summed E-state index contributed by atoms with van der Waals surface area (Å²) in [5.41, 5.74) is 0.164. The van der Waals surface area contributed by atoms with Crippen molar-refractivity contribution in [3.63, 3.8) is 0 Å². The van der Waals surface area contributed by atoms with Gasteiger partial charge in [0.2, 0.25) is 0 Å². The summed E-state index contributed by atoms with van der Waals surface area (Å²) in [6, 6.07) is 7.67. The molecule has 6 nitrogen and oxygen atoms in total. The van der Waals surface area contributed by atoms with Crippen molar-refractivity contribution >= 4 is 11.8 Å². The second-order valence-corrected chi connectivity index (χ2v) is 6.51. The van der Waals surface area contributed by atoms with Crippen LogP contribution in [0.5, 0.6) is 5.75 Å². The van der Waals surface area contributed by atoms with Crippen LogP contribution in [0.4, 0.5) is 10.5 Å². The third kappa shape index (κ3) is 6.88. The number of benzene rings is 1. The minimum atomic E-state index is -0.509. The van der Waals surface area contributed by atoms with Gasteiger partial charge in [-0.25, -0.2) is 4.79 Å². The standard InChI is InChI=1S/C17H26N2O4/c1-17(2,3)23-16(20)19-13-4-6-15(7-5-13)22-11-9-18-14-8-10-21-12-14/h4-7,14,18H,8-12H2,1-3H3,(H,19,20). The number of carbonyl (C=O) groups excluding carboxylic acids is 1. The summed E-state index contributed by atoms with van der Waals surface area (Å²) in [5, 5.41) is 6.07. The molecular formula is C17H26N2O4.